The molecule has 0 aromatic heterocycles. The van der Waals surface area contributed by atoms with Gasteiger partial charge in [0.05, 0.1) is 47.4 Å². The number of nitrogens with one attached hydrogen (secondary N) is 1. The number of carbonyl (C=O) groups is 4. The summed E-state index contributed by atoms with van der Waals surface area (Å²) in [6.45, 7) is 19.2. The van der Waals surface area contributed by atoms with Gasteiger partial charge in [0.15, 0.2) is 0 Å². The van der Waals surface area contributed by atoms with Gasteiger partial charge < -0.3 is 44.1 Å². The van der Waals surface area contributed by atoms with Crippen molar-refractivity contribution in [2.24, 2.45) is 29.6 Å². The first-order chi connectivity index (χ1) is 27.8. The van der Waals surface area contributed by atoms with Crippen molar-refractivity contribution >= 4 is 23.3 Å². The first-order valence-electron chi connectivity index (χ1n) is 20.5. The maximum atomic E-state index is 14.9. The number of methoxy groups -OCH3 is 3. The zero-order chi connectivity index (χ0) is 43.7. The van der Waals surface area contributed by atoms with Crippen LogP contribution in [0.5, 0.6) is 11.5 Å². The fraction of sp³-hybridized carbons (Fsp3) is 0.600. The molecular weight excluding hydrogens is 759 g/mol. The molecule has 14 nitrogen and oxygen atoms in total. The van der Waals surface area contributed by atoms with Crippen LogP contribution in [0.3, 0.4) is 0 Å². The van der Waals surface area contributed by atoms with E-state index >= 15 is 0 Å². The second kappa shape index (κ2) is 18.5. The van der Waals surface area contributed by atoms with Crippen molar-refractivity contribution in [1.29, 1.82) is 0 Å². The molecule has 1 aliphatic carbocycles. The topological polar surface area (TPSA) is 173 Å². The van der Waals surface area contributed by atoms with Gasteiger partial charge in [-0.05, 0) is 25.8 Å². The number of fused-ring (bicyclic) bond motifs is 14. The van der Waals surface area contributed by atoms with Crippen molar-refractivity contribution in [3.8, 4) is 11.5 Å². The quantitative estimate of drug-likeness (QED) is 0.352. The van der Waals surface area contributed by atoms with Crippen LogP contribution in [0.15, 0.2) is 47.5 Å². The molecule has 0 unspecified atom stereocenters. The number of ketones is 3. The molecule has 324 valence electrons. The molecule has 0 radical (unpaired) electrons. The molecule has 1 aromatic rings. The maximum Gasteiger partial charge on any atom is 0.312 e. The van der Waals surface area contributed by atoms with E-state index in [0.717, 1.165) is 6.54 Å². The number of nitrogens with zero attached hydrogens (tertiary/aromatic N) is 2. The number of aliphatic hydroxyl groups is 1. The van der Waals surface area contributed by atoms with E-state index in [4.69, 9.17) is 23.7 Å². The van der Waals surface area contributed by atoms with Gasteiger partial charge in [0, 0.05) is 95.8 Å². The average molecular weight is 822 g/mol. The summed E-state index contributed by atoms with van der Waals surface area (Å²) in [5.41, 5.74) is -0.915. The summed E-state index contributed by atoms with van der Waals surface area (Å²) in [6, 6.07) is 0. The average Bonchev–Trinajstić information content (AvgIpc) is 3.46. The standard InChI is InChI=1S/C45H63N3O11/c1-23(2)22-47-17-19-48(20-18-47)35-34-38(51)32-31(39(35)52)33-42(29(8)37(32)50)59-45(9,43(33)53)58-21-16-30(55-10)26(5)41(57-12)28(7)36(49)27(6)40(56-11)24(3)14-13-15-25(4)44(54)46-34/h13-16,21,23-24,26-28,30,36,40-41,49-50H,17-20,22H2,1-12H3,(H,46,54)/b14-13+,21-16+,25-15-/t24-,26+,27-,28+,30-,36+,40-,41+,45-/m0/s1. The van der Waals surface area contributed by atoms with E-state index in [2.05, 4.69) is 24.1 Å². The summed E-state index contributed by atoms with van der Waals surface area (Å²) in [4.78, 5) is 62.0. The van der Waals surface area contributed by atoms with Crippen molar-refractivity contribution in [3.63, 3.8) is 0 Å². The molecule has 1 aromatic carbocycles. The number of Topliss-reactive ketones (excluding diaryl/α,β-unsaturated/α-hetero) is 3. The highest BCUT2D eigenvalue weighted by molar-refractivity contribution is 6.32. The first kappa shape index (κ1) is 45.7. The third-order valence-electron chi connectivity index (χ3n) is 12.4. The fourth-order valence-electron chi connectivity index (χ4n) is 9.09. The SMILES string of the molecule is CO[C@H]1[C@H](C)[C@H](O)[C@H](C)[C@@H](OC)[C@@H](C)/C=C/C=C(/C)C(=O)NC2=C(N3CCN(CC(C)C)CC3)C(=O)c3c(c(O)c(C)c4c3C(=O)[C@@](C)(O/C=C/[C@H](OC)[C@H]1C)O4)C2=O. The number of phenolic OH excluding ortho intramolecular Hbond substituents is 1. The van der Waals surface area contributed by atoms with E-state index in [9.17, 15) is 29.4 Å². The van der Waals surface area contributed by atoms with Crippen LogP contribution in [0.1, 0.15) is 92.0 Å². The van der Waals surface area contributed by atoms with Crippen molar-refractivity contribution in [3.05, 3.63) is 69.8 Å². The van der Waals surface area contributed by atoms with Gasteiger partial charge in [0.1, 0.15) is 22.9 Å². The van der Waals surface area contributed by atoms with Crippen LogP contribution in [0.4, 0.5) is 0 Å². The molecule has 59 heavy (non-hydrogen) atoms. The number of aromatic hydroxyl groups is 1. The lowest BCUT2D eigenvalue weighted by molar-refractivity contribution is -0.116. The number of rotatable bonds is 6. The molecule has 9 atom stereocenters. The van der Waals surface area contributed by atoms with Crippen molar-refractivity contribution in [1.82, 2.24) is 15.1 Å². The third-order valence-corrected chi connectivity index (χ3v) is 12.4. The van der Waals surface area contributed by atoms with E-state index in [1.54, 1.807) is 44.3 Å². The Hall–Kier alpha value is -4.34. The Morgan fingerprint density at radius 2 is 1.49 bits per heavy atom. The number of aliphatic hydroxyl groups excluding tert-OH is 1. The summed E-state index contributed by atoms with van der Waals surface area (Å²) < 4.78 is 29.9. The van der Waals surface area contributed by atoms with Crippen LogP contribution in [0.2, 0.25) is 0 Å². The molecule has 0 saturated carbocycles. The Morgan fingerprint density at radius 3 is 2.08 bits per heavy atom. The number of hydrogen-bond acceptors (Lipinski definition) is 13. The van der Waals surface area contributed by atoms with Crippen LogP contribution >= 0.6 is 0 Å². The number of carbonyl (C=O) groups excluding carboxylic acids is 4. The number of hydrogen-bond donors (Lipinski definition) is 3. The molecule has 1 amide bonds. The van der Waals surface area contributed by atoms with Gasteiger partial charge in [-0.15, -0.1) is 0 Å². The minimum Gasteiger partial charge on any atom is -0.507 e. The van der Waals surface area contributed by atoms with E-state index in [1.165, 1.54) is 27.2 Å². The van der Waals surface area contributed by atoms with Gasteiger partial charge in [-0.25, -0.2) is 0 Å². The normalized spacial score (nSPS) is 33.4. The lowest BCUT2D eigenvalue weighted by atomic mass is 9.78. The molecule has 4 heterocycles. The second-order valence-corrected chi connectivity index (χ2v) is 17.0. The molecule has 4 aliphatic heterocycles. The number of amides is 1. The molecule has 3 N–H and O–H groups in total. The lowest BCUT2D eigenvalue weighted by Crippen LogP contribution is -2.50. The highest BCUT2D eigenvalue weighted by Crippen LogP contribution is 2.49. The molecule has 0 spiro atoms. The van der Waals surface area contributed by atoms with Crippen LogP contribution < -0.4 is 10.1 Å². The van der Waals surface area contributed by atoms with Crippen molar-refractivity contribution in [2.75, 3.05) is 54.1 Å². The van der Waals surface area contributed by atoms with E-state index in [0.29, 0.717) is 32.1 Å². The Bertz CT molecular complexity index is 1930. The third kappa shape index (κ3) is 8.79. The molecular formula is C45H63N3O11. The van der Waals surface area contributed by atoms with Gasteiger partial charge >= 0.3 is 5.79 Å². The van der Waals surface area contributed by atoms with Gasteiger partial charge in [-0.1, -0.05) is 59.8 Å². The molecule has 5 aliphatic rings. The smallest absolute Gasteiger partial charge is 0.312 e. The first-order valence-corrected chi connectivity index (χ1v) is 20.5. The largest absolute Gasteiger partial charge is 0.507 e. The number of ether oxygens (including phenoxy) is 5. The van der Waals surface area contributed by atoms with E-state index in [1.807, 2.05) is 33.8 Å². The van der Waals surface area contributed by atoms with Crippen molar-refractivity contribution in [2.45, 2.75) is 92.5 Å². The van der Waals surface area contributed by atoms with Crippen LogP contribution in [0, 0.1) is 36.5 Å². The lowest BCUT2D eigenvalue weighted by Gasteiger charge is -2.39. The number of benzene rings is 1. The van der Waals surface area contributed by atoms with Crippen LogP contribution in [-0.2, 0) is 23.7 Å². The Labute approximate surface area is 348 Å². The maximum absolute atomic E-state index is 14.9. The highest BCUT2D eigenvalue weighted by atomic mass is 16.7. The van der Waals surface area contributed by atoms with Crippen molar-refractivity contribution < 1.29 is 53.1 Å². The van der Waals surface area contributed by atoms with Crippen LogP contribution in [0.25, 0.3) is 0 Å². The van der Waals surface area contributed by atoms with E-state index in [-0.39, 0.29) is 68.6 Å². The Kier molecular flexibility index (Phi) is 14.3. The predicted molar refractivity (Wildman–Crippen MR) is 221 cm³/mol. The minimum absolute atomic E-state index is 0.0595. The fourth-order valence-corrected chi connectivity index (χ4v) is 9.09. The predicted octanol–water partition coefficient (Wildman–Crippen LogP) is 4.97. The summed E-state index contributed by atoms with van der Waals surface area (Å²) >= 11 is 0. The molecule has 6 rings (SSSR count). The van der Waals surface area contributed by atoms with Gasteiger partial charge in [-0.3, -0.25) is 24.1 Å². The zero-order valence-electron chi connectivity index (χ0n) is 36.6. The van der Waals surface area contributed by atoms with Crippen LogP contribution in [-0.4, -0.2) is 128 Å². The molecule has 14 heteroatoms. The van der Waals surface area contributed by atoms with E-state index < -0.39 is 59.2 Å². The van der Waals surface area contributed by atoms with Gasteiger partial charge in [-0.2, -0.15) is 0 Å². The molecule has 1 saturated heterocycles. The number of allylic oxidation sites excluding steroid dienone is 4. The summed E-state index contributed by atoms with van der Waals surface area (Å²) in [6.07, 6.45) is 5.74. The Balaban J connectivity index is 1.66. The monoisotopic (exact) mass is 821 g/mol. The summed E-state index contributed by atoms with van der Waals surface area (Å²) in [5.74, 6) is -6.30. The summed E-state index contributed by atoms with van der Waals surface area (Å²) in [5, 5.41) is 26.0. The molecule has 1 fully saturated rings. The highest BCUT2D eigenvalue weighted by Gasteiger charge is 2.53. The van der Waals surface area contributed by atoms with Gasteiger partial charge in [0.25, 0.3) is 11.7 Å². The Morgan fingerprint density at radius 1 is 0.864 bits per heavy atom. The zero-order valence-corrected chi connectivity index (χ0v) is 36.6. The number of phenols is 1. The summed E-state index contributed by atoms with van der Waals surface area (Å²) in [7, 11) is 4.70. The minimum atomic E-state index is -1.99. The second-order valence-electron chi connectivity index (χ2n) is 17.0. The number of piperazine rings is 1. The molecule has 5 bridgehead atoms. The van der Waals surface area contributed by atoms with Gasteiger partial charge in [0.2, 0.25) is 11.6 Å².